The van der Waals surface area contributed by atoms with E-state index in [1.165, 1.54) is 0 Å². The van der Waals surface area contributed by atoms with E-state index >= 15 is 0 Å². The molecule has 2 aromatic rings. The van der Waals surface area contributed by atoms with Crippen LogP contribution in [-0.4, -0.2) is 30.5 Å². The molecule has 0 spiro atoms. The first-order valence-corrected chi connectivity index (χ1v) is 16.2. The molecular formula is C24H16F4I3O7S-. The van der Waals surface area contributed by atoms with Gasteiger partial charge >= 0.3 is 11.9 Å². The highest BCUT2D eigenvalue weighted by Crippen LogP contribution is 2.60. The molecule has 0 aromatic heterocycles. The average molecular weight is 905 g/mol. The number of hydrogen-bond donors (Lipinski definition) is 0. The Bertz CT molecular complexity index is 1490. The minimum atomic E-state index is -5.90. The lowest BCUT2D eigenvalue weighted by Crippen LogP contribution is -2.58. The topological polar surface area (TPSA) is 110 Å². The van der Waals surface area contributed by atoms with Gasteiger partial charge in [0, 0.05) is 10.7 Å². The van der Waals surface area contributed by atoms with Gasteiger partial charge in [-0.1, -0.05) is 0 Å². The molecule has 0 saturated heterocycles. The van der Waals surface area contributed by atoms with Crippen LogP contribution < -0.4 is 4.74 Å². The maximum atomic E-state index is 14.5. The minimum absolute atomic E-state index is 0.138. The number of halogens is 7. The summed E-state index contributed by atoms with van der Waals surface area (Å²) in [4.78, 5) is 24.0. The molecule has 0 N–H and O–H groups in total. The summed E-state index contributed by atoms with van der Waals surface area (Å²) in [6.07, 6.45) is 2.33. The fraction of sp³-hybridized carbons (Fsp3) is 0.417. The van der Waals surface area contributed by atoms with Gasteiger partial charge in [0.25, 0.3) is 0 Å². The van der Waals surface area contributed by atoms with E-state index in [4.69, 9.17) is 9.47 Å². The van der Waals surface area contributed by atoms with Gasteiger partial charge in [-0.05, 0) is 130 Å². The Labute approximate surface area is 260 Å². The van der Waals surface area contributed by atoms with Gasteiger partial charge in [-0.15, -0.1) is 0 Å². The molecule has 2 unspecified atom stereocenters. The molecule has 4 aliphatic carbocycles. The smallest absolute Gasteiger partial charge is 0.339 e. The third-order valence-corrected chi connectivity index (χ3v) is 12.2. The third kappa shape index (κ3) is 5.31. The van der Waals surface area contributed by atoms with Crippen LogP contribution in [0, 0.1) is 57.7 Å². The molecule has 0 heterocycles. The van der Waals surface area contributed by atoms with Crippen LogP contribution in [0.2, 0.25) is 0 Å². The van der Waals surface area contributed by atoms with Crippen molar-refractivity contribution in [2.24, 2.45) is 23.7 Å². The summed E-state index contributed by atoms with van der Waals surface area (Å²) in [6, 6.07) is 3.66. The predicted molar refractivity (Wildman–Crippen MR) is 150 cm³/mol. The molecule has 7 nitrogen and oxygen atoms in total. The van der Waals surface area contributed by atoms with E-state index in [2.05, 4.69) is 67.8 Å². The van der Waals surface area contributed by atoms with Gasteiger partial charge in [-0.2, -0.15) is 8.78 Å². The zero-order chi connectivity index (χ0) is 28.6. The monoisotopic (exact) mass is 905 g/mol. The molecule has 0 radical (unpaired) electrons. The number of rotatable bonds is 5. The fourth-order valence-corrected chi connectivity index (χ4v) is 9.48. The van der Waals surface area contributed by atoms with Crippen molar-refractivity contribution in [1.82, 2.24) is 0 Å². The van der Waals surface area contributed by atoms with E-state index < -0.39 is 67.5 Å². The molecule has 4 saturated carbocycles. The Morgan fingerprint density at radius 2 is 1.49 bits per heavy atom. The number of ether oxygens (including phenoxy) is 2. The Hall–Kier alpha value is -0.800. The maximum Gasteiger partial charge on any atom is 0.339 e. The van der Waals surface area contributed by atoms with E-state index in [-0.39, 0.29) is 17.8 Å². The van der Waals surface area contributed by atoms with Crippen molar-refractivity contribution >= 4 is 89.8 Å². The van der Waals surface area contributed by atoms with Crippen LogP contribution >= 0.6 is 67.8 Å². The SMILES string of the molecule is O=C(OC12CC3CC(C1)C(C(=O)Oc1c(F)c(F)c(S(=O)(=O)[O-])c(F)c1F)C(C3)C2)c1cc(I)cc(I)c1I. The first-order chi connectivity index (χ1) is 18.1. The zero-order valence-corrected chi connectivity index (χ0v) is 26.7. The highest BCUT2D eigenvalue weighted by Gasteiger charge is 2.59. The second kappa shape index (κ2) is 10.5. The van der Waals surface area contributed by atoms with Crippen molar-refractivity contribution in [2.75, 3.05) is 0 Å². The van der Waals surface area contributed by atoms with Crippen LogP contribution in [0.3, 0.4) is 0 Å². The Morgan fingerprint density at radius 1 is 0.923 bits per heavy atom. The molecule has 2 atom stereocenters. The molecule has 210 valence electrons. The van der Waals surface area contributed by atoms with Crippen molar-refractivity contribution in [3.05, 3.63) is 51.7 Å². The van der Waals surface area contributed by atoms with E-state index in [9.17, 15) is 40.1 Å². The van der Waals surface area contributed by atoms with Crippen molar-refractivity contribution in [3.63, 3.8) is 0 Å². The highest BCUT2D eigenvalue weighted by atomic mass is 127. The summed E-state index contributed by atoms with van der Waals surface area (Å²) in [5.74, 6) is -14.4. The standard InChI is InChI=1S/C24H17F4I3O7S/c25-15-17(27)21(39(34,35)36)18(28)16(26)20(15)37-23(33)14-9-1-8-2-10(14)7-24(5-8,6-9)38-22(32)12-3-11(29)4-13(30)19(12)31/h3-4,8-10,14H,1-2,5-7H2,(H,34,35,36)/p-1. The molecule has 6 rings (SSSR count). The van der Waals surface area contributed by atoms with Gasteiger partial charge in [-0.25, -0.2) is 22.0 Å². The lowest BCUT2D eigenvalue weighted by atomic mass is 9.50. The van der Waals surface area contributed by atoms with Gasteiger partial charge < -0.3 is 14.0 Å². The van der Waals surface area contributed by atoms with Gasteiger partial charge in [0.1, 0.15) is 20.6 Å². The normalized spacial score (nSPS) is 27.5. The van der Waals surface area contributed by atoms with Crippen molar-refractivity contribution in [2.45, 2.75) is 42.6 Å². The third-order valence-electron chi connectivity index (χ3n) is 7.65. The predicted octanol–water partition coefficient (Wildman–Crippen LogP) is 5.92. The van der Waals surface area contributed by atoms with Gasteiger partial charge in [0.05, 0.1) is 11.5 Å². The molecule has 39 heavy (non-hydrogen) atoms. The summed E-state index contributed by atoms with van der Waals surface area (Å²) in [7, 11) is -5.90. The largest absolute Gasteiger partial charge is 0.744 e. The number of benzene rings is 2. The summed E-state index contributed by atoms with van der Waals surface area (Å²) in [5, 5.41) is 0. The zero-order valence-electron chi connectivity index (χ0n) is 19.4. The molecule has 2 aromatic carbocycles. The fourth-order valence-electron chi connectivity index (χ4n) is 6.48. The Balaban J connectivity index is 1.38. The van der Waals surface area contributed by atoms with Crippen LogP contribution in [0.25, 0.3) is 0 Å². The summed E-state index contributed by atoms with van der Waals surface area (Å²) in [6.45, 7) is 0. The maximum absolute atomic E-state index is 14.5. The lowest BCUT2D eigenvalue weighted by molar-refractivity contribution is -0.176. The second-order valence-electron chi connectivity index (χ2n) is 10.1. The minimum Gasteiger partial charge on any atom is -0.744 e. The van der Waals surface area contributed by atoms with Gasteiger partial charge in [-0.3, -0.25) is 4.79 Å². The molecule has 15 heteroatoms. The first kappa shape index (κ1) is 29.7. The van der Waals surface area contributed by atoms with Crippen molar-refractivity contribution in [3.8, 4) is 5.75 Å². The van der Waals surface area contributed by atoms with E-state index in [0.29, 0.717) is 37.7 Å². The van der Waals surface area contributed by atoms with Crippen LogP contribution in [0.1, 0.15) is 42.5 Å². The van der Waals surface area contributed by atoms with Crippen LogP contribution in [0.4, 0.5) is 17.6 Å². The number of carbonyl (C=O) groups excluding carboxylic acids is 2. The van der Waals surface area contributed by atoms with Crippen LogP contribution in [0.5, 0.6) is 5.75 Å². The van der Waals surface area contributed by atoms with Crippen molar-refractivity contribution in [1.29, 1.82) is 0 Å². The molecule has 0 amide bonds. The van der Waals surface area contributed by atoms with E-state index in [1.54, 1.807) is 6.07 Å². The molecule has 4 fully saturated rings. The van der Waals surface area contributed by atoms with Crippen LogP contribution in [0.15, 0.2) is 17.0 Å². The Kier molecular flexibility index (Phi) is 7.98. The summed E-state index contributed by atoms with van der Waals surface area (Å²) in [5.41, 5.74) is -0.406. The molecule has 4 bridgehead atoms. The number of esters is 2. The van der Waals surface area contributed by atoms with E-state index in [1.807, 2.05) is 6.07 Å². The van der Waals surface area contributed by atoms with Crippen LogP contribution in [-0.2, 0) is 19.6 Å². The van der Waals surface area contributed by atoms with Gasteiger partial charge in [0.15, 0.2) is 11.6 Å². The Morgan fingerprint density at radius 3 is 2.03 bits per heavy atom. The summed E-state index contributed by atoms with van der Waals surface area (Å²) >= 11 is 6.32. The van der Waals surface area contributed by atoms with Gasteiger partial charge in [0.2, 0.25) is 17.4 Å². The molecule has 0 aliphatic heterocycles. The average Bonchev–Trinajstić information content (AvgIpc) is 2.81. The van der Waals surface area contributed by atoms with Crippen molar-refractivity contribution < 1.29 is 49.6 Å². The summed E-state index contributed by atoms with van der Waals surface area (Å²) < 4.78 is 104. The lowest BCUT2D eigenvalue weighted by Gasteiger charge is -2.58. The molecular weight excluding hydrogens is 889 g/mol. The number of hydrogen-bond acceptors (Lipinski definition) is 7. The first-order valence-electron chi connectivity index (χ1n) is 11.5. The van der Waals surface area contributed by atoms with E-state index in [0.717, 1.165) is 10.7 Å². The molecule has 4 aliphatic rings. The second-order valence-corrected chi connectivity index (χ2v) is 14.9. The highest BCUT2D eigenvalue weighted by molar-refractivity contribution is 14.1. The quantitative estimate of drug-likeness (QED) is 0.0917. The number of carbonyl (C=O) groups is 2.